The Morgan fingerprint density at radius 2 is 2.06 bits per heavy atom. The zero-order valence-corrected chi connectivity index (χ0v) is 9.18. The van der Waals surface area contributed by atoms with Crippen LogP contribution in [0.5, 0.6) is 0 Å². The molecule has 0 aliphatic heterocycles. The van der Waals surface area contributed by atoms with E-state index in [9.17, 15) is 4.79 Å². The molecule has 0 radical (unpaired) electrons. The van der Waals surface area contributed by atoms with E-state index < -0.39 is 5.97 Å². The van der Waals surface area contributed by atoms with Gasteiger partial charge in [0, 0.05) is 6.54 Å². The van der Waals surface area contributed by atoms with Crippen molar-refractivity contribution in [2.45, 2.75) is 13.5 Å². The van der Waals surface area contributed by atoms with Crippen molar-refractivity contribution in [1.82, 2.24) is 4.90 Å². The maximum Gasteiger partial charge on any atom is 0.317 e. The van der Waals surface area contributed by atoms with E-state index in [4.69, 9.17) is 10.4 Å². The Kier molecular flexibility index (Phi) is 4.49. The number of benzene rings is 1. The Bertz CT molecular complexity index is 392. The summed E-state index contributed by atoms with van der Waals surface area (Å²) >= 11 is 0. The van der Waals surface area contributed by atoms with Crippen LogP contribution >= 0.6 is 0 Å². The Morgan fingerprint density at radius 3 is 2.50 bits per heavy atom. The molecule has 16 heavy (non-hydrogen) atoms. The second-order valence-corrected chi connectivity index (χ2v) is 3.51. The summed E-state index contributed by atoms with van der Waals surface area (Å²) in [5.74, 6) is -0.824. The number of nitrogens with zero attached hydrogens (tertiary/aromatic N) is 2. The molecule has 0 aromatic heterocycles. The van der Waals surface area contributed by atoms with Crippen molar-refractivity contribution in [3.05, 3.63) is 35.4 Å². The number of rotatable bonds is 5. The summed E-state index contributed by atoms with van der Waals surface area (Å²) in [7, 11) is 0. The summed E-state index contributed by atoms with van der Waals surface area (Å²) in [5.41, 5.74) is 1.63. The summed E-state index contributed by atoms with van der Waals surface area (Å²) in [6.45, 7) is 3.24. The molecule has 0 aliphatic carbocycles. The number of aliphatic carboxylic acids is 1. The zero-order chi connectivity index (χ0) is 12.0. The van der Waals surface area contributed by atoms with Gasteiger partial charge in [0.15, 0.2) is 0 Å². The van der Waals surface area contributed by atoms with Gasteiger partial charge in [0.25, 0.3) is 0 Å². The molecule has 84 valence electrons. The van der Waals surface area contributed by atoms with Gasteiger partial charge in [-0.15, -0.1) is 0 Å². The predicted octanol–water partition coefficient (Wildman–Crippen LogP) is 1.46. The number of hydrogen-bond donors (Lipinski definition) is 1. The third-order valence-electron chi connectivity index (χ3n) is 2.30. The van der Waals surface area contributed by atoms with Gasteiger partial charge in [-0.05, 0) is 24.2 Å². The molecule has 4 nitrogen and oxygen atoms in total. The first-order chi connectivity index (χ1) is 7.65. The summed E-state index contributed by atoms with van der Waals surface area (Å²) < 4.78 is 0. The minimum atomic E-state index is -0.824. The van der Waals surface area contributed by atoms with Crippen LogP contribution in [0.25, 0.3) is 0 Å². The fraction of sp³-hybridized carbons (Fsp3) is 0.333. The molecule has 0 fully saturated rings. The second kappa shape index (κ2) is 5.89. The fourth-order valence-corrected chi connectivity index (χ4v) is 1.41. The Hall–Kier alpha value is -1.86. The van der Waals surface area contributed by atoms with Crippen molar-refractivity contribution < 1.29 is 9.90 Å². The Labute approximate surface area is 94.7 Å². The van der Waals surface area contributed by atoms with E-state index in [1.165, 1.54) is 0 Å². The van der Waals surface area contributed by atoms with Crippen LogP contribution in [0.3, 0.4) is 0 Å². The summed E-state index contributed by atoms with van der Waals surface area (Å²) in [4.78, 5) is 12.4. The maximum absolute atomic E-state index is 10.6. The minimum absolute atomic E-state index is 0.0382. The van der Waals surface area contributed by atoms with E-state index in [1.807, 2.05) is 30.0 Å². The van der Waals surface area contributed by atoms with Gasteiger partial charge in [-0.25, -0.2) is 0 Å². The Balaban J connectivity index is 2.63. The third-order valence-corrected chi connectivity index (χ3v) is 2.30. The van der Waals surface area contributed by atoms with Crippen LogP contribution < -0.4 is 0 Å². The number of carboxylic acid groups (broad SMARTS) is 1. The Morgan fingerprint density at radius 1 is 1.44 bits per heavy atom. The number of likely N-dealkylation sites (N-methyl/N-ethyl adjacent to an activating group) is 1. The van der Waals surface area contributed by atoms with Crippen LogP contribution in [-0.2, 0) is 11.3 Å². The normalized spacial score (nSPS) is 10.1. The van der Waals surface area contributed by atoms with Crippen LogP contribution in [0.4, 0.5) is 0 Å². The van der Waals surface area contributed by atoms with Crippen molar-refractivity contribution in [3.8, 4) is 6.07 Å². The third kappa shape index (κ3) is 3.71. The van der Waals surface area contributed by atoms with Crippen molar-refractivity contribution in [2.75, 3.05) is 13.1 Å². The molecule has 0 aliphatic rings. The summed E-state index contributed by atoms with van der Waals surface area (Å²) in [6.07, 6.45) is 0. The van der Waals surface area contributed by atoms with Gasteiger partial charge in [0.1, 0.15) is 0 Å². The number of carbonyl (C=O) groups is 1. The van der Waals surface area contributed by atoms with Gasteiger partial charge >= 0.3 is 5.97 Å². The molecule has 0 atom stereocenters. The highest BCUT2D eigenvalue weighted by molar-refractivity contribution is 5.69. The van der Waals surface area contributed by atoms with E-state index in [1.54, 1.807) is 12.1 Å². The standard InChI is InChI=1S/C12H14N2O2/c1-2-14(9-12(15)16)8-11-5-3-10(7-13)4-6-11/h3-6H,2,8-9H2,1H3,(H,15,16). The lowest BCUT2D eigenvalue weighted by Gasteiger charge is -2.17. The van der Waals surface area contributed by atoms with Crippen LogP contribution in [-0.4, -0.2) is 29.1 Å². The van der Waals surface area contributed by atoms with Crippen molar-refractivity contribution in [2.24, 2.45) is 0 Å². The van der Waals surface area contributed by atoms with Crippen LogP contribution in [0, 0.1) is 11.3 Å². The number of carboxylic acids is 1. The molecule has 0 saturated carbocycles. The van der Waals surface area contributed by atoms with E-state index in [-0.39, 0.29) is 6.54 Å². The molecular weight excluding hydrogens is 204 g/mol. The van der Waals surface area contributed by atoms with E-state index >= 15 is 0 Å². The van der Waals surface area contributed by atoms with Gasteiger partial charge in [-0.1, -0.05) is 19.1 Å². The molecular formula is C12H14N2O2. The van der Waals surface area contributed by atoms with E-state index in [2.05, 4.69) is 0 Å². The number of nitriles is 1. The molecule has 0 heterocycles. The quantitative estimate of drug-likeness (QED) is 0.812. The topological polar surface area (TPSA) is 64.3 Å². The summed E-state index contributed by atoms with van der Waals surface area (Å²) in [5, 5.41) is 17.3. The molecule has 1 aromatic carbocycles. The lowest BCUT2D eigenvalue weighted by molar-refractivity contribution is -0.138. The summed E-state index contributed by atoms with van der Waals surface area (Å²) in [6, 6.07) is 9.23. The molecule has 0 unspecified atom stereocenters. The van der Waals surface area contributed by atoms with Gasteiger partial charge in [0.05, 0.1) is 18.2 Å². The lowest BCUT2D eigenvalue weighted by atomic mass is 10.1. The predicted molar refractivity (Wildman–Crippen MR) is 59.7 cm³/mol. The smallest absolute Gasteiger partial charge is 0.317 e. The molecule has 1 rings (SSSR count). The molecule has 1 N–H and O–H groups in total. The van der Waals surface area contributed by atoms with Gasteiger partial charge in [0.2, 0.25) is 0 Å². The molecule has 0 spiro atoms. The SMILES string of the molecule is CCN(CC(=O)O)Cc1ccc(C#N)cc1. The first-order valence-electron chi connectivity index (χ1n) is 5.09. The van der Waals surface area contributed by atoms with E-state index in [0.717, 1.165) is 5.56 Å². The fourth-order valence-electron chi connectivity index (χ4n) is 1.41. The monoisotopic (exact) mass is 218 g/mol. The molecule has 4 heteroatoms. The van der Waals surface area contributed by atoms with Gasteiger partial charge < -0.3 is 5.11 Å². The highest BCUT2D eigenvalue weighted by Gasteiger charge is 2.07. The van der Waals surface area contributed by atoms with Crippen LogP contribution in [0.15, 0.2) is 24.3 Å². The van der Waals surface area contributed by atoms with Crippen molar-refractivity contribution >= 4 is 5.97 Å². The second-order valence-electron chi connectivity index (χ2n) is 3.51. The highest BCUT2D eigenvalue weighted by atomic mass is 16.4. The minimum Gasteiger partial charge on any atom is -0.480 e. The molecule has 0 saturated heterocycles. The first kappa shape index (κ1) is 12.2. The molecule has 0 bridgehead atoms. The zero-order valence-electron chi connectivity index (χ0n) is 9.18. The van der Waals surface area contributed by atoms with Crippen LogP contribution in [0.1, 0.15) is 18.1 Å². The van der Waals surface area contributed by atoms with E-state index in [0.29, 0.717) is 18.7 Å². The average molecular weight is 218 g/mol. The first-order valence-corrected chi connectivity index (χ1v) is 5.09. The average Bonchev–Trinajstić information content (AvgIpc) is 2.28. The van der Waals surface area contributed by atoms with Gasteiger partial charge in [-0.2, -0.15) is 5.26 Å². The molecule has 1 aromatic rings. The molecule has 0 amide bonds. The van der Waals surface area contributed by atoms with Crippen LogP contribution in [0.2, 0.25) is 0 Å². The van der Waals surface area contributed by atoms with Gasteiger partial charge in [-0.3, -0.25) is 9.69 Å². The van der Waals surface area contributed by atoms with Crippen molar-refractivity contribution in [3.63, 3.8) is 0 Å². The maximum atomic E-state index is 10.6. The highest BCUT2D eigenvalue weighted by Crippen LogP contribution is 2.06. The van der Waals surface area contributed by atoms with Crippen molar-refractivity contribution in [1.29, 1.82) is 5.26 Å². The number of hydrogen-bond acceptors (Lipinski definition) is 3. The largest absolute Gasteiger partial charge is 0.480 e. The lowest BCUT2D eigenvalue weighted by Crippen LogP contribution is -2.29.